The van der Waals surface area contributed by atoms with Crippen molar-refractivity contribution in [2.75, 3.05) is 19.6 Å². The smallest absolute Gasteiger partial charge is 0.0519 e. The third-order valence-electron chi connectivity index (χ3n) is 2.72. The molecule has 3 heteroatoms. The molecule has 1 saturated heterocycles. The van der Waals surface area contributed by atoms with E-state index in [0.717, 1.165) is 6.42 Å². The van der Waals surface area contributed by atoms with Gasteiger partial charge in [0.25, 0.3) is 0 Å². The maximum Gasteiger partial charge on any atom is 0.0519 e. The van der Waals surface area contributed by atoms with E-state index in [9.17, 15) is 0 Å². The summed E-state index contributed by atoms with van der Waals surface area (Å²) in [5.41, 5.74) is 1.32. The van der Waals surface area contributed by atoms with Crippen LogP contribution in [0.1, 0.15) is 24.8 Å². The van der Waals surface area contributed by atoms with E-state index in [0.29, 0.717) is 0 Å². The minimum Gasteiger partial charge on any atom is -0.303 e. The molecule has 1 aromatic rings. The number of nitrogens with one attached hydrogen (secondary N) is 1. The van der Waals surface area contributed by atoms with Crippen LogP contribution >= 0.6 is 0 Å². The van der Waals surface area contributed by atoms with Gasteiger partial charge in [-0.3, -0.25) is 5.10 Å². The van der Waals surface area contributed by atoms with Gasteiger partial charge >= 0.3 is 0 Å². The van der Waals surface area contributed by atoms with Crippen LogP contribution in [0, 0.1) is 0 Å². The minimum absolute atomic E-state index is 1.14. The first kappa shape index (κ1) is 8.75. The summed E-state index contributed by atoms with van der Waals surface area (Å²) >= 11 is 0. The molecular weight excluding hydrogens is 162 g/mol. The second-order valence-corrected chi connectivity index (χ2v) is 3.76. The fraction of sp³-hybridized carbons (Fsp3) is 0.700. The third kappa shape index (κ3) is 2.56. The fourth-order valence-corrected chi connectivity index (χ4v) is 1.88. The molecule has 1 aliphatic heterocycles. The molecule has 0 spiro atoms. The average Bonchev–Trinajstić information content (AvgIpc) is 2.69. The van der Waals surface area contributed by atoms with Gasteiger partial charge in [-0.15, -0.1) is 0 Å². The van der Waals surface area contributed by atoms with Gasteiger partial charge in [-0.2, -0.15) is 5.10 Å². The number of nitrogens with zero attached hydrogens (tertiary/aromatic N) is 2. The topological polar surface area (TPSA) is 31.9 Å². The van der Waals surface area contributed by atoms with Gasteiger partial charge in [0.15, 0.2) is 0 Å². The molecule has 1 N–H and O–H groups in total. The Morgan fingerprint density at radius 2 is 2.15 bits per heavy atom. The fourth-order valence-electron chi connectivity index (χ4n) is 1.88. The van der Waals surface area contributed by atoms with Gasteiger partial charge in [0, 0.05) is 12.7 Å². The average molecular weight is 179 g/mol. The summed E-state index contributed by atoms with van der Waals surface area (Å²) in [6.07, 6.45) is 9.23. The van der Waals surface area contributed by atoms with Crippen LogP contribution in [0.15, 0.2) is 12.4 Å². The van der Waals surface area contributed by atoms with Crippen LogP contribution in [0.2, 0.25) is 0 Å². The van der Waals surface area contributed by atoms with Gasteiger partial charge in [-0.25, -0.2) is 0 Å². The Morgan fingerprint density at radius 3 is 2.85 bits per heavy atom. The molecule has 2 heterocycles. The lowest BCUT2D eigenvalue weighted by molar-refractivity contribution is 0.231. The normalized spacial score (nSPS) is 19.1. The monoisotopic (exact) mass is 179 g/mol. The van der Waals surface area contributed by atoms with Crippen molar-refractivity contribution in [3.8, 4) is 0 Å². The predicted octanol–water partition coefficient (Wildman–Crippen LogP) is 1.44. The van der Waals surface area contributed by atoms with E-state index in [4.69, 9.17) is 0 Å². The summed E-state index contributed by atoms with van der Waals surface area (Å²) in [4.78, 5) is 2.55. The molecule has 0 amide bonds. The number of aromatic amines is 1. The third-order valence-corrected chi connectivity index (χ3v) is 2.72. The molecule has 1 aliphatic rings. The molecule has 1 fully saturated rings. The highest BCUT2D eigenvalue weighted by atomic mass is 15.1. The van der Waals surface area contributed by atoms with E-state index in [-0.39, 0.29) is 0 Å². The van der Waals surface area contributed by atoms with Crippen molar-refractivity contribution in [2.24, 2.45) is 0 Å². The second-order valence-electron chi connectivity index (χ2n) is 3.76. The molecule has 0 aromatic carbocycles. The summed E-state index contributed by atoms with van der Waals surface area (Å²) in [6.45, 7) is 3.77. The molecular formula is C10H17N3. The summed E-state index contributed by atoms with van der Waals surface area (Å²) in [5.74, 6) is 0. The first-order chi connectivity index (χ1) is 6.45. The second kappa shape index (κ2) is 4.42. The number of rotatable bonds is 3. The van der Waals surface area contributed by atoms with Crippen molar-refractivity contribution in [2.45, 2.75) is 25.7 Å². The van der Waals surface area contributed by atoms with Crippen molar-refractivity contribution in [3.05, 3.63) is 18.0 Å². The zero-order valence-electron chi connectivity index (χ0n) is 8.00. The molecule has 0 atom stereocenters. The van der Waals surface area contributed by atoms with E-state index in [2.05, 4.69) is 15.1 Å². The molecule has 0 bridgehead atoms. The van der Waals surface area contributed by atoms with Gasteiger partial charge in [0.1, 0.15) is 0 Å². The lowest BCUT2D eigenvalue weighted by Crippen LogP contribution is -2.31. The lowest BCUT2D eigenvalue weighted by Gasteiger charge is -2.25. The van der Waals surface area contributed by atoms with Crippen LogP contribution in [-0.4, -0.2) is 34.7 Å². The van der Waals surface area contributed by atoms with Gasteiger partial charge in [0.2, 0.25) is 0 Å². The molecule has 0 unspecified atom stereocenters. The maximum atomic E-state index is 3.94. The Labute approximate surface area is 79.1 Å². The van der Waals surface area contributed by atoms with Gasteiger partial charge in [-0.05, 0) is 37.9 Å². The summed E-state index contributed by atoms with van der Waals surface area (Å²) in [5, 5.41) is 6.79. The number of piperidine rings is 1. The highest BCUT2D eigenvalue weighted by Gasteiger charge is 2.09. The Balaban J connectivity index is 1.72. The summed E-state index contributed by atoms with van der Waals surface area (Å²) in [7, 11) is 0. The Kier molecular flexibility index (Phi) is 2.98. The number of H-pyrrole nitrogens is 1. The van der Waals surface area contributed by atoms with Crippen molar-refractivity contribution >= 4 is 0 Å². The van der Waals surface area contributed by atoms with E-state index >= 15 is 0 Å². The van der Waals surface area contributed by atoms with Crippen LogP contribution < -0.4 is 0 Å². The highest BCUT2D eigenvalue weighted by molar-refractivity contribution is 5.02. The number of hydrogen-bond donors (Lipinski definition) is 1. The van der Waals surface area contributed by atoms with Crippen LogP contribution in [0.3, 0.4) is 0 Å². The van der Waals surface area contributed by atoms with Gasteiger partial charge in [0.05, 0.1) is 6.20 Å². The van der Waals surface area contributed by atoms with Crippen LogP contribution in [-0.2, 0) is 6.42 Å². The zero-order chi connectivity index (χ0) is 8.93. The Bertz CT molecular complexity index is 224. The van der Waals surface area contributed by atoms with Crippen molar-refractivity contribution in [1.82, 2.24) is 15.1 Å². The number of likely N-dealkylation sites (tertiary alicyclic amines) is 1. The Hall–Kier alpha value is -0.830. The lowest BCUT2D eigenvalue weighted by atomic mass is 10.1. The first-order valence-electron chi connectivity index (χ1n) is 5.15. The van der Waals surface area contributed by atoms with Crippen molar-refractivity contribution in [3.63, 3.8) is 0 Å². The van der Waals surface area contributed by atoms with Gasteiger partial charge < -0.3 is 4.90 Å². The van der Waals surface area contributed by atoms with Crippen LogP contribution in [0.4, 0.5) is 0 Å². The highest BCUT2D eigenvalue weighted by Crippen LogP contribution is 2.09. The largest absolute Gasteiger partial charge is 0.303 e. The zero-order valence-corrected chi connectivity index (χ0v) is 8.00. The van der Waals surface area contributed by atoms with E-state index in [1.165, 1.54) is 44.5 Å². The molecule has 0 saturated carbocycles. The summed E-state index contributed by atoms with van der Waals surface area (Å²) < 4.78 is 0. The van der Waals surface area contributed by atoms with Crippen LogP contribution in [0.5, 0.6) is 0 Å². The van der Waals surface area contributed by atoms with E-state index < -0.39 is 0 Å². The number of aromatic nitrogens is 2. The standard InChI is InChI=1S/C10H17N3/c1-2-5-13(6-3-1)7-4-10-8-11-12-9-10/h8-9H,1-7H2,(H,11,12). The quantitative estimate of drug-likeness (QED) is 0.761. The SMILES string of the molecule is c1n[nH]cc1CCN1CCCCC1. The molecule has 0 aliphatic carbocycles. The minimum atomic E-state index is 1.14. The predicted molar refractivity (Wildman–Crippen MR) is 52.6 cm³/mol. The van der Waals surface area contributed by atoms with Crippen molar-refractivity contribution in [1.29, 1.82) is 0 Å². The number of hydrogen-bond acceptors (Lipinski definition) is 2. The van der Waals surface area contributed by atoms with Gasteiger partial charge in [-0.1, -0.05) is 6.42 Å². The molecule has 2 rings (SSSR count). The molecule has 72 valence electrons. The molecule has 0 radical (unpaired) electrons. The van der Waals surface area contributed by atoms with E-state index in [1.807, 2.05) is 12.4 Å². The maximum absolute atomic E-state index is 3.94. The summed E-state index contributed by atoms with van der Waals surface area (Å²) in [6, 6.07) is 0. The molecule has 13 heavy (non-hydrogen) atoms. The molecule has 1 aromatic heterocycles. The van der Waals surface area contributed by atoms with E-state index in [1.54, 1.807) is 0 Å². The first-order valence-corrected chi connectivity index (χ1v) is 5.15. The Morgan fingerprint density at radius 1 is 1.31 bits per heavy atom. The molecule has 3 nitrogen and oxygen atoms in total. The van der Waals surface area contributed by atoms with Crippen molar-refractivity contribution < 1.29 is 0 Å². The van der Waals surface area contributed by atoms with Crippen LogP contribution in [0.25, 0.3) is 0 Å².